The Hall–Kier alpha value is -1.79. The van der Waals surface area contributed by atoms with Crippen LogP contribution < -0.4 is 5.32 Å². The number of aryl methyl sites for hydroxylation is 1. The molecule has 2 rings (SSSR count). The second-order valence-corrected chi connectivity index (χ2v) is 4.59. The molecule has 0 saturated heterocycles. The number of oxazole rings is 1. The van der Waals surface area contributed by atoms with Gasteiger partial charge in [-0.2, -0.15) is 0 Å². The molecule has 6 heteroatoms. The summed E-state index contributed by atoms with van der Waals surface area (Å²) in [6, 6.07) is 3.65. The van der Waals surface area contributed by atoms with E-state index in [1.807, 2.05) is 0 Å². The number of benzene rings is 1. The molecule has 4 nitrogen and oxygen atoms in total. The summed E-state index contributed by atoms with van der Waals surface area (Å²) < 4.78 is 36.5. The Morgan fingerprint density at radius 1 is 1.24 bits per heavy atom. The van der Waals surface area contributed by atoms with E-state index in [2.05, 4.69) is 10.3 Å². The second kappa shape index (κ2) is 7.85. The van der Waals surface area contributed by atoms with Crippen LogP contribution in [-0.2, 0) is 11.2 Å². The van der Waals surface area contributed by atoms with E-state index in [9.17, 15) is 8.78 Å². The molecule has 2 aromatic rings. The third kappa shape index (κ3) is 4.61. The molecule has 1 aromatic carbocycles. The first-order valence-corrected chi connectivity index (χ1v) is 6.80. The first-order chi connectivity index (χ1) is 10.2. The lowest BCUT2D eigenvalue weighted by Gasteiger charge is -2.02. The first kappa shape index (κ1) is 15.6. The molecule has 0 radical (unpaired) electrons. The molecule has 1 heterocycles. The van der Waals surface area contributed by atoms with Gasteiger partial charge in [-0.15, -0.1) is 0 Å². The zero-order chi connectivity index (χ0) is 15.1. The second-order valence-electron chi connectivity index (χ2n) is 4.59. The number of hydrogen-bond acceptors (Lipinski definition) is 4. The summed E-state index contributed by atoms with van der Waals surface area (Å²) >= 11 is 0. The normalized spacial score (nSPS) is 11.0. The van der Waals surface area contributed by atoms with Crippen molar-refractivity contribution < 1.29 is 17.9 Å². The average Bonchev–Trinajstić information content (AvgIpc) is 2.94. The first-order valence-electron chi connectivity index (χ1n) is 6.80. The van der Waals surface area contributed by atoms with Gasteiger partial charge in [0.05, 0.1) is 12.8 Å². The highest BCUT2D eigenvalue weighted by Crippen LogP contribution is 2.22. The van der Waals surface area contributed by atoms with Crippen LogP contribution in [-0.4, -0.2) is 31.8 Å². The standard InChI is InChI=1S/C15H18F2N2O2/c1-20-8-7-18-6-2-3-15-19-10-14(21-15)11-4-5-12(16)13(17)9-11/h4-5,9-10,18H,2-3,6-8H2,1H3. The van der Waals surface area contributed by atoms with E-state index >= 15 is 0 Å². The Morgan fingerprint density at radius 3 is 2.86 bits per heavy atom. The van der Waals surface area contributed by atoms with Crippen molar-refractivity contribution in [3.8, 4) is 11.3 Å². The summed E-state index contributed by atoms with van der Waals surface area (Å²) in [6.07, 6.45) is 3.09. The number of halogens is 2. The van der Waals surface area contributed by atoms with Crippen LogP contribution in [0.1, 0.15) is 12.3 Å². The van der Waals surface area contributed by atoms with E-state index in [0.29, 0.717) is 30.2 Å². The molecule has 114 valence electrons. The lowest BCUT2D eigenvalue weighted by Crippen LogP contribution is -2.20. The van der Waals surface area contributed by atoms with Crippen molar-refractivity contribution in [2.45, 2.75) is 12.8 Å². The minimum absolute atomic E-state index is 0.441. The molecular formula is C15H18F2N2O2. The van der Waals surface area contributed by atoms with Gasteiger partial charge in [-0.05, 0) is 31.2 Å². The number of ether oxygens (including phenoxy) is 1. The third-order valence-electron chi connectivity index (χ3n) is 2.98. The van der Waals surface area contributed by atoms with Gasteiger partial charge in [0.15, 0.2) is 23.3 Å². The van der Waals surface area contributed by atoms with Gasteiger partial charge in [-0.3, -0.25) is 0 Å². The largest absolute Gasteiger partial charge is 0.441 e. The highest BCUT2D eigenvalue weighted by Gasteiger charge is 2.09. The van der Waals surface area contributed by atoms with Gasteiger partial charge in [-0.1, -0.05) is 0 Å². The fourth-order valence-electron chi connectivity index (χ4n) is 1.87. The predicted molar refractivity (Wildman–Crippen MR) is 74.9 cm³/mol. The van der Waals surface area contributed by atoms with E-state index in [1.165, 1.54) is 12.3 Å². The number of methoxy groups -OCH3 is 1. The monoisotopic (exact) mass is 296 g/mol. The van der Waals surface area contributed by atoms with Crippen LogP contribution in [0.25, 0.3) is 11.3 Å². The number of nitrogens with zero attached hydrogens (tertiary/aromatic N) is 1. The fourth-order valence-corrected chi connectivity index (χ4v) is 1.87. The molecule has 1 aromatic heterocycles. The summed E-state index contributed by atoms with van der Waals surface area (Å²) in [5.74, 6) is -0.743. The van der Waals surface area contributed by atoms with Crippen LogP contribution in [0.2, 0.25) is 0 Å². The van der Waals surface area contributed by atoms with E-state index in [1.54, 1.807) is 7.11 Å². The van der Waals surface area contributed by atoms with Gasteiger partial charge >= 0.3 is 0 Å². The van der Waals surface area contributed by atoms with E-state index in [4.69, 9.17) is 9.15 Å². The van der Waals surface area contributed by atoms with Crippen LogP contribution in [0.5, 0.6) is 0 Å². The van der Waals surface area contributed by atoms with Gasteiger partial charge in [0.25, 0.3) is 0 Å². The summed E-state index contributed by atoms with van der Waals surface area (Å²) in [7, 11) is 1.66. The summed E-state index contributed by atoms with van der Waals surface area (Å²) in [5, 5.41) is 3.22. The zero-order valence-electron chi connectivity index (χ0n) is 11.9. The summed E-state index contributed by atoms with van der Waals surface area (Å²) in [5.41, 5.74) is 0.478. The van der Waals surface area contributed by atoms with Crippen molar-refractivity contribution in [1.82, 2.24) is 10.3 Å². The Bertz CT molecular complexity index is 573. The fraction of sp³-hybridized carbons (Fsp3) is 0.400. The highest BCUT2D eigenvalue weighted by molar-refractivity contribution is 5.56. The molecule has 0 aliphatic rings. The Balaban J connectivity index is 1.85. The van der Waals surface area contributed by atoms with Crippen LogP contribution in [0.4, 0.5) is 8.78 Å². The Labute approximate surface area is 122 Å². The van der Waals surface area contributed by atoms with E-state index in [0.717, 1.165) is 31.6 Å². The molecule has 0 atom stereocenters. The quantitative estimate of drug-likeness (QED) is 0.761. The van der Waals surface area contributed by atoms with Crippen molar-refractivity contribution in [2.75, 3.05) is 26.8 Å². The SMILES string of the molecule is COCCNCCCc1ncc(-c2ccc(F)c(F)c2)o1. The lowest BCUT2D eigenvalue weighted by molar-refractivity contribution is 0.199. The van der Waals surface area contributed by atoms with Gasteiger partial charge < -0.3 is 14.5 Å². The molecule has 0 saturated carbocycles. The van der Waals surface area contributed by atoms with Crippen molar-refractivity contribution in [3.05, 3.63) is 41.9 Å². The predicted octanol–water partition coefficient (Wildman–Crippen LogP) is 2.79. The summed E-state index contributed by atoms with van der Waals surface area (Å²) in [6.45, 7) is 2.33. The van der Waals surface area contributed by atoms with Gasteiger partial charge in [0.2, 0.25) is 0 Å². The van der Waals surface area contributed by atoms with Crippen molar-refractivity contribution in [1.29, 1.82) is 0 Å². The third-order valence-corrected chi connectivity index (χ3v) is 2.98. The molecule has 0 spiro atoms. The van der Waals surface area contributed by atoms with Crippen molar-refractivity contribution >= 4 is 0 Å². The lowest BCUT2D eigenvalue weighted by atomic mass is 10.2. The van der Waals surface area contributed by atoms with Crippen LogP contribution in [0.15, 0.2) is 28.8 Å². The smallest absolute Gasteiger partial charge is 0.194 e. The Morgan fingerprint density at radius 2 is 2.10 bits per heavy atom. The maximum absolute atomic E-state index is 13.2. The molecule has 0 amide bonds. The minimum Gasteiger partial charge on any atom is -0.441 e. The minimum atomic E-state index is -0.896. The number of nitrogens with one attached hydrogen (secondary N) is 1. The number of hydrogen-bond donors (Lipinski definition) is 1. The number of rotatable bonds is 8. The molecular weight excluding hydrogens is 278 g/mol. The van der Waals surface area contributed by atoms with Crippen LogP contribution >= 0.6 is 0 Å². The number of aromatic nitrogens is 1. The average molecular weight is 296 g/mol. The van der Waals surface area contributed by atoms with E-state index in [-0.39, 0.29) is 0 Å². The Kier molecular flexibility index (Phi) is 5.83. The van der Waals surface area contributed by atoms with Gasteiger partial charge in [-0.25, -0.2) is 13.8 Å². The molecule has 0 aliphatic heterocycles. The molecule has 0 aliphatic carbocycles. The molecule has 21 heavy (non-hydrogen) atoms. The molecule has 0 unspecified atom stereocenters. The molecule has 0 fully saturated rings. The molecule has 0 bridgehead atoms. The van der Waals surface area contributed by atoms with Crippen LogP contribution in [0.3, 0.4) is 0 Å². The maximum atomic E-state index is 13.2. The highest BCUT2D eigenvalue weighted by atomic mass is 19.2. The topological polar surface area (TPSA) is 47.3 Å². The summed E-state index contributed by atoms with van der Waals surface area (Å²) in [4.78, 5) is 4.14. The van der Waals surface area contributed by atoms with Crippen LogP contribution in [0, 0.1) is 11.6 Å². The van der Waals surface area contributed by atoms with Crippen molar-refractivity contribution in [3.63, 3.8) is 0 Å². The van der Waals surface area contributed by atoms with Gasteiger partial charge in [0.1, 0.15) is 0 Å². The molecule has 1 N–H and O–H groups in total. The van der Waals surface area contributed by atoms with Gasteiger partial charge in [0, 0.05) is 25.6 Å². The zero-order valence-corrected chi connectivity index (χ0v) is 11.9. The van der Waals surface area contributed by atoms with Crippen molar-refractivity contribution in [2.24, 2.45) is 0 Å². The maximum Gasteiger partial charge on any atom is 0.194 e. The van der Waals surface area contributed by atoms with E-state index < -0.39 is 11.6 Å².